The molecule has 2 heteroatoms. The van der Waals surface area contributed by atoms with Crippen LogP contribution >= 0.6 is 0 Å². The van der Waals surface area contributed by atoms with Crippen LogP contribution in [-0.2, 0) is 0 Å². The highest BCUT2D eigenvalue weighted by Crippen LogP contribution is 2.20. The lowest BCUT2D eigenvalue weighted by Gasteiger charge is -2.19. The molecule has 0 N–H and O–H groups in total. The second-order valence-corrected chi connectivity index (χ2v) is 5.80. The Labute approximate surface area is 151 Å². The molecule has 0 aromatic heterocycles. The van der Waals surface area contributed by atoms with Crippen molar-refractivity contribution in [2.75, 3.05) is 11.9 Å². The predicted molar refractivity (Wildman–Crippen MR) is 107 cm³/mol. The zero-order chi connectivity index (χ0) is 17.9. The van der Waals surface area contributed by atoms with Crippen LogP contribution in [0.25, 0.3) is 6.08 Å². The van der Waals surface area contributed by atoms with Crippen molar-refractivity contribution in [1.29, 1.82) is 5.26 Å². The van der Waals surface area contributed by atoms with Gasteiger partial charge in [-0.1, -0.05) is 72.8 Å². The Morgan fingerprint density at radius 2 is 1.72 bits per heavy atom. The predicted octanol–water partition coefficient (Wildman–Crippen LogP) is 5.83. The molecule has 0 radical (unpaired) electrons. The van der Waals surface area contributed by atoms with E-state index in [4.69, 9.17) is 0 Å². The van der Waals surface area contributed by atoms with E-state index in [1.54, 1.807) is 0 Å². The van der Waals surface area contributed by atoms with Gasteiger partial charge in [-0.3, -0.25) is 0 Å². The Kier molecular flexibility index (Phi) is 7.28. The topological polar surface area (TPSA) is 27.0 Å². The standard InChI is InChI=1S/C23H24N2/c1-3-11-21(15-10-14-20-12-6-4-7-13-20)18-23(19-24)25(2)22-16-8-5-9-17-22/h3-14,16-18,21H,15H2,1-2H3/b11-3+,14-10+,23-18-. The van der Waals surface area contributed by atoms with Crippen LogP contribution in [0.1, 0.15) is 18.9 Å². The number of nitriles is 1. The molecular weight excluding hydrogens is 304 g/mol. The van der Waals surface area contributed by atoms with Gasteiger partial charge in [0.25, 0.3) is 0 Å². The third-order valence-electron chi connectivity index (χ3n) is 3.95. The Morgan fingerprint density at radius 1 is 1.08 bits per heavy atom. The van der Waals surface area contributed by atoms with Crippen molar-refractivity contribution in [2.24, 2.45) is 5.92 Å². The fourth-order valence-electron chi connectivity index (χ4n) is 2.59. The number of rotatable bonds is 7. The lowest BCUT2D eigenvalue weighted by atomic mass is 10.0. The minimum atomic E-state index is 0.186. The number of hydrogen-bond donors (Lipinski definition) is 0. The molecule has 2 rings (SSSR count). The first-order valence-electron chi connectivity index (χ1n) is 8.49. The second kappa shape index (κ2) is 9.95. The fourth-order valence-corrected chi connectivity index (χ4v) is 2.59. The van der Waals surface area contributed by atoms with E-state index in [1.165, 1.54) is 5.56 Å². The first-order chi connectivity index (χ1) is 12.2. The maximum atomic E-state index is 9.58. The van der Waals surface area contributed by atoms with Crippen molar-refractivity contribution in [3.63, 3.8) is 0 Å². The van der Waals surface area contributed by atoms with Gasteiger partial charge in [-0.15, -0.1) is 0 Å². The van der Waals surface area contributed by atoms with E-state index in [-0.39, 0.29) is 5.92 Å². The van der Waals surface area contributed by atoms with E-state index in [2.05, 4.69) is 36.4 Å². The van der Waals surface area contributed by atoms with Crippen LogP contribution in [0.4, 0.5) is 5.69 Å². The maximum Gasteiger partial charge on any atom is 0.117 e. The number of nitrogens with zero attached hydrogens (tertiary/aromatic N) is 2. The first-order valence-corrected chi connectivity index (χ1v) is 8.49. The van der Waals surface area contributed by atoms with E-state index >= 15 is 0 Å². The summed E-state index contributed by atoms with van der Waals surface area (Å²) in [4.78, 5) is 1.93. The molecule has 1 unspecified atom stereocenters. The van der Waals surface area contributed by atoms with Gasteiger partial charge in [0.05, 0.1) is 0 Å². The molecule has 0 aliphatic carbocycles. The Morgan fingerprint density at radius 3 is 2.32 bits per heavy atom. The Bertz CT molecular complexity index is 765. The van der Waals surface area contributed by atoms with Crippen LogP contribution in [0.15, 0.2) is 90.7 Å². The summed E-state index contributed by atoms with van der Waals surface area (Å²) in [6, 6.07) is 22.5. The summed E-state index contributed by atoms with van der Waals surface area (Å²) in [7, 11) is 1.93. The van der Waals surface area contributed by atoms with Crippen molar-refractivity contribution in [3.05, 3.63) is 96.2 Å². The quantitative estimate of drug-likeness (QED) is 0.472. The molecule has 1 atom stereocenters. The molecule has 0 saturated heterocycles. The molecule has 0 aliphatic rings. The monoisotopic (exact) mass is 328 g/mol. The van der Waals surface area contributed by atoms with Crippen molar-refractivity contribution in [3.8, 4) is 6.07 Å². The van der Waals surface area contributed by atoms with Crippen molar-refractivity contribution in [1.82, 2.24) is 0 Å². The van der Waals surface area contributed by atoms with Crippen molar-refractivity contribution in [2.45, 2.75) is 13.3 Å². The zero-order valence-electron chi connectivity index (χ0n) is 14.8. The molecule has 0 spiro atoms. The molecule has 25 heavy (non-hydrogen) atoms. The maximum absolute atomic E-state index is 9.58. The van der Waals surface area contributed by atoms with E-state index in [0.29, 0.717) is 5.70 Å². The Hall–Kier alpha value is -3.05. The van der Waals surface area contributed by atoms with Gasteiger partial charge >= 0.3 is 0 Å². The average molecular weight is 328 g/mol. The largest absolute Gasteiger partial charge is 0.336 e. The minimum absolute atomic E-state index is 0.186. The number of para-hydroxylation sites is 1. The van der Waals surface area contributed by atoms with Gasteiger partial charge in [0, 0.05) is 18.7 Å². The zero-order valence-corrected chi connectivity index (χ0v) is 14.8. The van der Waals surface area contributed by atoms with Gasteiger partial charge in [-0.05, 0) is 37.1 Å². The number of benzene rings is 2. The van der Waals surface area contributed by atoms with E-state index in [0.717, 1.165) is 12.1 Å². The van der Waals surface area contributed by atoms with E-state index in [9.17, 15) is 5.26 Å². The molecule has 2 aromatic rings. The van der Waals surface area contributed by atoms with Crippen LogP contribution in [-0.4, -0.2) is 7.05 Å². The van der Waals surface area contributed by atoms with Gasteiger partial charge in [0.2, 0.25) is 0 Å². The molecule has 0 bridgehead atoms. The third-order valence-corrected chi connectivity index (χ3v) is 3.95. The molecule has 0 saturated carbocycles. The van der Waals surface area contributed by atoms with Crippen LogP contribution < -0.4 is 4.90 Å². The highest BCUT2D eigenvalue weighted by Gasteiger charge is 2.09. The van der Waals surface area contributed by atoms with Gasteiger partial charge in [0.1, 0.15) is 11.8 Å². The molecule has 126 valence electrons. The number of anilines is 1. The van der Waals surface area contributed by atoms with Gasteiger partial charge in [-0.25, -0.2) is 0 Å². The first kappa shape index (κ1) is 18.3. The van der Waals surface area contributed by atoms with Crippen LogP contribution in [0.5, 0.6) is 0 Å². The Balaban J connectivity index is 2.13. The fraction of sp³-hybridized carbons (Fsp3) is 0.174. The summed E-state index contributed by atoms with van der Waals surface area (Å²) < 4.78 is 0. The van der Waals surface area contributed by atoms with Gasteiger partial charge in [0.15, 0.2) is 0 Å². The molecule has 0 amide bonds. The summed E-state index contributed by atoms with van der Waals surface area (Å²) in [5.41, 5.74) is 2.85. The normalized spacial score (nSPS) is 13.1. The lowest BCUT2D eigenvalue weighted by molar-refractivity contribution is 0.822. The van der Waals surface area contributed by atoms with Crippen LogP contribution in [0.3, 0.4) is 0 Å². The summed E-state index contributed by atoms with van der Waals surface area (Å²) in [6.45, 7) is 2.01. The second-order valence-electron chi connectivity index (χ2n) is 5.80. The van der Waals surface area contributed by atoms with E-state index in [1.807, 2.05) is 79.6 Å². The van der Waals surface area contributed by atoms with Gasteiger partial charge in [-0.2, -0.15) is 5.26 Å². The van der Waals surface area contributed by atoms with Crippen molar-refractivity contribution < 1.29 is 0 Å². The van der Waals surface area contributed by atoms with Crippen LogP contribution in [0, 0.1) is 17.2 Å². The molecule has 0 heterocycles. The summed E-state index contributed by atoms with van der Waals surface area (Å²) in [6.07, 6.45) is 11.3. The molecule has 2 nitrogen and oxygen atoms in total. The highest BCUT2D eigenvalue weighted by atomic mass is 15.1. The average Bonchev–Trinajstić information content (AvgIpc) is 2.67. The van der Waals surface area contributed by atoms with Gasteiger partial charge < -0.3 is 4.90 Å². The smallest absolute Gasteiger partial charge is 0.117 e. The molecule has 0 fully saturated rings. The summed E-state index contributed by atoms with van der Waals surface area (Å²) in [5, 5.41) is 9.58. The third kappa shape index (κ3) is 5.82. The summed E-state index contributed by atoms with van der Waals surface area (Å²) in [5.74, 6) is 0.186. The van der Waals surface area contributed by atoms with Crippen molar-refractivity contribution >= 4 is 11.8 Å². The number of hydrogen-bond acceptors (Lipinski definition) is 2. The molecule has 2 aromatic carbocycles. The number of allylic oxidation sites excluding steroid dienone is 5. The molecular formula is C23H24N2. The minimum Gasteiger partial charge on any atom is -0.336 e. The summed E-state index contributed by atoms with van der Waals surface area (Å²) >= 11 is 0. The van der Waals surface area contributed by atoms with E-state index < -0.39 is 0 Å². The lowest BCUT2D eigenvalue weighted by Crippen LogP contribution is -2.16. The van der Waals surface area contributed by atoms with Crippen LogP contribution in [0.2, 0.25) is 0 Å². The SMILES string of the molecule is C/C=C/C(/C=C(/C#N)N(C)c1ccccc1)C/C=C/c1ccccc1. The molecule has 0 aliphatic heterocycles. The highest BCUT2D eigenvalue weighted by molar-refractivity contribution is 5.54.